The molecule has 0 saturated carbocycles. The van der Waals surface area contributed by atoms with Crippen molar-refractivity contribution in [3.05, 3.63) is 71.0 Å². The van der Waals surface area contributed by atoms with Crippen LogP contribution >= 0.6 is 11.8 Å². The first-order valence-electron chi connectivity index (χ1n) is 10.2. The average Bonchev–Trinajstić information content (AvgIpc) is 3.15. The van der Waals surface area contributed by atoms with Crippen molar-refractivity contribution in [2.75, 3.05) is 11.1 Å². The number of hydrogen-bond acceptors (Lipinski definition) is 5. The number of thioether (sulfide) groups is 1. The van der Waals surface area contributed by atoms with Gasteiger partial charge in [0.2, 0.25) is 11.8 Å². The summed E-state index contributed by atoms with van der Waals surface area (Å²) in [6.45, 7) is 6.92. The molecule has 2 amide bonds. The van der Waals surface area contributed by atoms with Crippen LogP contribution < -0.4 is 10.6 Å². The van der Waals surface area contributed by atoms with Crippen LogP contribution in [-0.2, 0) is 29.1 Å². The van der Waals surface area contributed by atoms with Crippen molar-refractivity contribution >= 4 is 29.3 Å². The highest BCUT2D eigenvalue weighted by Crippen LogP contribution is 2.19. The Morgan fingerprint density at radius 3 is 2.52 bits per heavy atom. The lowest BCUT2D eigenvalue weighted by molar-refractivity contribution is -0.120. The van der Waals surface area contributed by atoms with Crippen LogP contribution in [0, 0.1) is 13.8 Å². The monoisotopic (exact) mass is 437 g/mol. The van der Waals surface area contributed by atoms with E-state index in [2.05, 4.69) is 20.8 Å². The lowest BCUT2D eigenvalue weighted by atomic mass is 10.1. The third-order valence-corrected chi connectivity index (χ3v) is 5.72. The number of anilines is 1. The molecule has 2 N–H and O–H groups in total. The van der Waals surface area contributed by atoms with Gasteiger partial charge in [-0.05, 0) is 38.0 Å². The van der Waals surface area contributed by atoms with Gasteiger partial charge < -0.3 is 15.2 Å². The molecular weight excluding hydrogens is 410 g/mol. The molecule has 162 valence electrons. The van der Waals surface area contributed by atoms with Crippen molar-refractivity contribution in [3.8, 4) is 0 Å². The number of carbonyl (C=O) groups is 2. The molecule has 1 aromatic heterocycles. The maximum absolute atomic E-state index is 12.4. The molecule has 0 bridgehead atoms. The summed E-state index contributed by atoms with van der Waals surface area (Å²) in [5.74, 6) is 0.728. The number of aromatic nitrogens is 3. The predicted octanol–water partition coefficient (Wildman–Crippen LogP) is 3.50. The minimum atomic E-state index is -0.0969. The molecule has 0 spiro atoms. The zero-order valence-electron chi connectivity index (χ0n) is 18.0. The molecule has 0 unspecified atom stereocenters. The zero-order valence-corrected chi connectivity index (χ0v) is 18.8. The van der Waals surface area contributed by atoms with Crippen LogP contribution in [0.5, 0.6) is 0 Å². The van der Waals surface area contributed by atoms with E-state index in [-0.39, 0.29) is 17.6 Å². The van der Waals surface area contributed by atoms with Crippen molar-refractivity contribution in [2.24, 2.45) is 0 Å². The maximum Gasteiger partial charge on any atom is 0.234 e. The Balaban J connectivity index is 1.53. The van der Waals surface area contributed by atoms with E-state index in [1.54, 1.807) is 0 Å². The number of aryl methyl sites for hydroxylation is 2. The highest BCUT2D eigenvalue weighted by Gasteiger charge is 2.14. The maximum atomic E-state index is 12.4. The normalized spacial score (nSPS) is 10.7. The van der Waals surface area contributed by atoms with E-state index < -0.39 is 0 Å². The second-order valence-electron chi connectivity index (χ2n) is 7.24. The molecular formula is C23H27N5O2S. The minimum absolute atomic E-state index is 0.0705. The Labute approximate surface area is 186 Å². The Kier molecular flexibility index (Phi) is 7.83. The Bertz CT molecular complexity index is 1050. The number of hydrogen-bond donors (Lipinski definition) is 2. The highest BCUT2D eigenvalue weighted by molar-refractivity contribution is 7.99. The fourth-order valence-electron chi connectivity index (χ4n) is 3.17. The summed E-state index contributed by atoms with van der Waals surface area (Å²) >= 11 is 1.33. The SMILES string of the molecule is CCn1c(CNC(=O)Cc2ccccc2)nnc1SCC(=O)Nc1ccc(C)cc1C. The Morgan fingerprint density at radius 2 is 1.81 bits per heavy atom. The lowest BCUT2D eigenvalue weighted by Crippen LogP contribution is -2.26. The minimum Gasteiger partial charge on any atom is -0.349 e. The number of rotatable bonds is 9. The molecule has 0 atom stereocenters. The molecule has 7 nitrogen and oxygen atoms in total. The second kappa shape index (κ2) is 10.8. The van der Waals surface area contributed by atoms with Crippen molar-refractivity contribution in [2.45, 2.75) is 45.4 Å². The molecule has 0 saturated heterocycles. The quantitative estimate of drug-likeness (QED) is 0.500. The standard InChI is InChI=1S/C23H27N5O2S/c1-4-28-20(14-24-21(29)13-18-8-6-5-7-9-18)26-27-23(28)31-15-22(30)25-19-11-10-16(2)12-17(19)3/h5-12H,4,13-15H2,1-3H3,(H,24,29)(H,25,30). The van der Waals surface area contributed by atoms with Gasteiger partial charge in [-0.1, -0.05) is 59.8 Å². The molecule has 3 rings (SSSR count). The number of benzene rings is 2. The zero-order chi connectivity index (χ0) is 22.2. The summed E-state index contributed by atoms with van der Waals surface area (Å²) < 4.78 is 1.91. The largest absolute Gasteiger partial charge is 0.349 e. The summed E-state index contributed by atoms with van der Waals surface area (Å²) in [7, 11) is 0. The van der Waals surface area contributed by atoms with Crippen LogP contribution in [0.1, 0.15) is 29.4 Å². The molecule has 0 aliphatic rings. The van der Waals surface area contributed by atoms with Gasteiger partial charge in [0.1, 0.15) is 0 Å². The first kappa shape index (κ1) is 22.6. The molecule has 2 aromatic carbocycles. The topological polar surface area (TPSA) is 88.9 Å². The molecule has 3 aromatic rings. The molecule has 0 fully saturated rings. The van der Waals surface area contributed by atoms with E-state index in [0.717, 1.165) is 22.4 Å². The van der Waals surface area contributed by atoms with E-state index in [1.165, 1.54) is 11.8 Å². The van der Waals surface area contributed by atoms with Crippen LogP contribution in [0.2, 0.25) is 0 Å². The summed E-state index contributed by atoms with van der Waals surface area (Å²) in [6, 6.07) is 15.5. The fraction of sp³-hybridized carbons (Fsp3) is 0.304. The number of nitrogens with zero attached hydrogens (tertiary/aromatic N) is 3. The van der Waals surface area contributed by atoms with Gasteiger partial charge in [-0.3, -0.25) is 9.59 Å². The van der Waals surface area contributed by atoms with E-state index in [0.29, 0.717) is 30.5 Å². The van der Waals surface area contributed by atoms with Crippen molar-refractivity contribution in [1.29, 1.82) is 0 Å². The van der Waals surface area contributed by atoms with Crippen molar-refractivity contribution in [3.63, 3.8) is 0 Å². The number of nitrogens with one attached hydrogen (secondary N) is 2. The summed E-state index contributed by atoms with van der Waals surface area (Å²) in [6.07, 6.45) is 0.321. The predicted molar refractivity (Wildman–Crippen MR) is 123 cm³/mol. The Morgan fingerprint density at radius 1 is 1.03 bits per heavy atom. The van der Waals surface area contributed by atoms with Crippen molar-refractivity contribution < 1.29 is 9.59 Å². The molecule has 31 heavy (non-hydrogen) atoms. The average molecular weight is 438 g/mol. The fourth-order valence-corrected chi connectivity index (χ4v) is 3.99. The van der Waals surface area contributed by atoms with Crippen LogP contribution in [0.3, 0.4) is 0 Å². The molecule has 8 heteroatoms. The second-order valence-corrected chi connectivity index (χ2v) is 8.18. The third-order valence-electron chi connectivity index (χ3n) is 4.75. The smallest absolute Gasteiger partial charge is 0.234 e. The highest BCUT2D eigenvalue weighted by atomic mass is 32.2. The van der Waals surface area contributed by atoms with E-state index in [9.17, 15) is 9.59 Å². The molecule has 0 radical (unpaired) electrons. The van der Waals surface area contributed by atoms with Gasteiger partial charge in [-0.2, -0.15) is 0 Å². The van der Waals surface area contributed by atoms with Gasteiger partial charge in [0, 0.05) is 12.2 Å². The van der Waals surface area contributed by atoms with Gasteiger partial charge in [0.25, 0.3) is 0 Å². The summed E-state index contributed by atoms with van der Waals surface area (Å²) in [5.41, 5.74) is 3.96. The van der Waals surface area contributed by atoms with E-state index >= 15 is 0 Å². The third kappa shape index (κ3) is 6.42. The van der Waals surface area contributed by atoms with Gasteiger partial charge >= 0.3 is 0 Å². The van der Waals surface area contributed by atoms with Crippen LogP contribution in [0.25, 0.3) is 0 Å². The van der Waals surface area contributed by atoms with Gasteiger partial charge in [-0.25, -0.2) is 0 Å². The summed E-state index contributed by atoms with van der Waals surface area (Å²) in [5, 5.41) is 14.9. The van der Waals surface area contributed by atoms with Crippen LogP contribution in [0.4, 0.5) is 5.69 Å². The molecule has 1 heterocycles. The van der Waals surface area contributed by atoms with Gasteiger partial charge in [-0.15, -0.1) is 10.2 Å². The van der Waals surface area contributed by atoms with Gasteiger partial charge in [0.15, 0.2) is 11.0 Å². The van der Waals surface area contributed by atoms with E-state index in [1.807, 2.05) is 73.9 Å². The lowest BCUT2D eigenvalue weighted by Gasteiger charge is -2.10. The first-order chi connectivity index (χ1) is 15.0. The molecule has 0 aliphatic carbocycles. The Hall–Kier alpha value is -3.13. The summed E-state index contributed by atoms with van der Waals surface area (Å²) in [4.78, 5) is 24.6. The van der Waals surface area contributed by atoms with Crippen LogP contribution in [-0.4, -0.2) is 32.3 Å². The van der Waals surface area contributed by atoms with Crippen LogP contribution in [0.15, 0.2) is 53.7 Å². The van der Waals surface area contributed by atoms with Gasteiger partial charge in [0.05, 0.1) is 18.7 Å². The first-order valence-corrected chi connectivity index (χ1v) is 11.2. The number of amides is 2. The van der Waals surface area contributed by atoms with E-state index in [4.69, 9.17) is 0 Å². The van der Waals surface area contributed by atoms with Crippen molar-refractivity contribution in [1.82, 2.24) is 20.1 Å². The number of carbonyl (C=O) groups excluding carboxylic acids is 2. The molecule has 0 aliphatic heterocycles.